The lowest BCUT2D eigenvalue weighted by Gasteiger charge is -2.24. The molecule has 6 heteroatoms. The number of benzene rings is 1. The number of nitrogens with zero attached hydrogens (tertiary/aromatic N) is 1. The Hall–Kier alpha value is -1.40. The van der Waals surface area contributed by atoms with Gasteiger partial charge in [0.25, 0.3) is 0 Å². The van der Waals surface area contributed by atoms with E-state index >= 15 is 0 Å². The Morgan fingerprint density at radius 2 is 2.10 bits per heavy atom. The minimum Gasteiger partial charge on any atom is -0.481 e. The van der Waals surface area contributed by atoms with Crippen molar-refractivity contribution in [3.05, 3.63) is 35.4 Å². The average molecular weight is 311 g/mol. The van der Waals surface area contributed by atoms with Gasteiger partial charge in [-0.25, -0.2) is 12.7 Å². The molecule has 0 radical (unpaired) electrons. The Kier molecular flexibility index (Phi) is 4.68. The molecule has 2 unspecified atom stereocenters. The molecule has 0 spiro atoms. The molecule has 0 aliphatic heterocycles. The Bertz CT molecular complexity index is 626. The van der Waals surface area contributed by atoms with Gasteiger partial charge >= 0.3 is 5.97 Å². The van der Waals surface area contributed by atoms with Gasteiger partial charge in [0, 0.05) is 13.6 Å². The number of aryl methyl sites for hydroxylation is 1. The predicted molar refractivity (Wildman–Crippen MR) is 80.3 cm³/mol. The van der Waals surface area contributed by atoms with Gasteiger partial charge in [-0.1, -0.05) is 36.2 Å². The zero-order valence-electron chi connectivity index (χ0n) is 12.3. The lowest BCUT2D eigenvalue weighted by molar-refractivity contribution is -0.141. The molecular formula is C15H21NO4S. The minimum absolute atomic E-state index is 0.271. The van der Waals surface area contributed by atoms with Crippen LogP contribution in [0.25, 0.3) is 0 Å². The van der Waals surface area contributed by atoms with Crippen molar-refractivity contribution in [2.75, 3.05) is 7.05 Å². The standard InChI is InChI=1S/C15H21NO4S/c1-11-5-3-6-12(9-11)10-16(2)21(19,20)14-8-4-7-13(14)15(17)18/h3,5-6,9,13-14H,4,7-8,10H2,1-2H3,(H,17,18). The smallest absolute Gasteiger partial charge is 0.307 e. The first-order valence-electron chi connectivity index (χ1n) is 7.06. The number of hydrogen-bond donors (Lipinski definition) is 1. The van der Waals surface area contributed by atoms with Gasteiger partial charge in [-0.05, 0) is 25.3 Å². The van der Waals surface area contributed by atoms with Crippen LogP contribution in [-0.4, -0.2) is 36.1 Å². The van der Waals surface area contributed by atoms with Crippen LogP contribution < -0.4 is 0 Å². The summed E-state index contributed by atoms with van der Waals surface area (Å²) in [5, 5.41) is 8.37. The maximum Gasteiger partial charge on any atom is 0.307 e. The van der Waals surface area contributed by atoms with Crippen molar-refractivity contribution in [2.45, 2.75) is 38.0 Å². The molecule has 1 aromatic carbocycles. The van der Waals surface area contributed by atoms with Crippen molar-refractivity contribution in [3.8, 4) is 0 Å². The van der Waals surface area contributed by atoms with E-state index in [0.717, 1.165) is 11.1 Å². The number of aliphatic carboxylic acids is 1. The van der Waals surface area contributed by atoms with Gasteiger partial charge in [0.15, 0.2) is 0 Å². The van der Waals surface area contributed by atoms with Crippen molar-refractivity contribution in [1.29, 1.82) is 0 Å². The van der Waals surface area contributed by atoms with Crippen LogP contribution in [0, 0.1) is 12.8 Å². The quantitative estimate of drug-likeness (QED) is 0.902. The number of carbonyl (C=O) groups is 1. The minimum atomic E-state index is -3.59. The second-order valence-electron chi connectivity index (χ2n) is 5.70. The molecule has 1 aromatic rings. The topological polar surface area (TPSA) is 74.7 Å². The first-order chi connectivity index (χ1) is 9.82. The summed E-state index contributed by atoms with van der Waals surface area (Å²) in [7, 11) is -2.07. The van der Waals surface area contributed by atoms with Gasteiger partial charge in [-0.2, -0.15) is 0 Å². The van der Waals surface area contributed by atoms with Crippen molar-refractivity contribution < 1.29 is 18.3 Å². The van der Waals surface area contributed by atoms with Crippen LogP contribution >= 0.6 is 0 Å². The zero-order chi connectivity index (χ0) is 15.6. The molecule has 21 heavy (non-hydrogen) atoms. The number of rotatable bonds is 5. The van der Waals surface area contributed by atoms with Gasteiger partial charge in [0.05, 0.1) is 11.2 Å². The van der Waals surface area contributed by atoms with E-state index in [1.807, 2.05) is 31.2 Å². The monoisotopic (exact) mass is 311 g/mol. The van der Waals surface area contributed by atoms with Crippen LogP contribution in [0.1, 0.15) is 30.4 Å². The molecule has 0 heterocycles. The molecule has 116 valence electrons. The summed E-state index contributed by atoms with van der Waals surface area (Å²) in [5.41, 5.74) is 1.98. The molecule has 1 saturated carbocycles. The van der Waals surface area contributed by atoms with E-state index in [9.17, 15) is 18.3 Å². The van der Waals surface area contributed by atoms with Crippen LogP contribution in [0.2, 0.25) is 0 Å². The van der Waals surface area contributed by atoms with Gasteiger partial charge in [-0.3, -0.25) is 4.79 Å². The van der Waals surface area contributed by atoms with Crippen LogP contribution in [-0.2, 0) is 21.4 Å². The van der Waals surface area contributed by atoms with E-state index in [2.05, 4.69) is 0 Å². The van der Waals surface area contributed by atoms with E-state index < -0.39 is 27.2 Å². The average Bonchev–Trinajstić information content (AvgIpc) is 2.88. The molecule has 5 nitrogen and oxygen atoms in total. The number of carboxylic acids is 1. The maximum atomic E-state index is 12.6. The highest BCUT2D eigenvalue weighted by atomic mass is 32.2. The van der Waals surface area contributed by atoms with Crippen molar-refractivity contribution >= 4 is 16.0 Å². The summed E-state index contributed by atoms with van der Waals surface area (Å²) in [4.78, 5) is 11.2. The first kappa shape index (κ1) is 16.0. The predicted octanol–water partition coefficient (Wildman–Crippen LogP) is 2.01. The number of sulfonamides is 1. The van der Waals surface area contributed by atoms with E-state index in [0.29, 0.717) is 19.3 Å². The summed E-state index contributed by atoms with van der Waals surface area (Å²) < 4.78 is 26.5. The van der Waals surface area contributed by atoms with Gasteiger partial charge in [-0.15, -0.1) is 0 Å². The summed E-state index contributed by atoms with van der Waals surface area (Å²) in [5.74, 6) is -1.79. The number of carboxylic acid groups (broad SMARTS) is 1. The van der Waals surface area contributed by atoms with Crippen LogP contribution in [0.5, 0.6) is 0 Å². The highest BCUT2D eigenvalue weighted by Gasteiger charge is 2.43. The molecule has 2 atom stereocenters. The third-order valence-corrected chi connectivity index (χ3v) is 6.40. The fourth-order valence-electron chi connectivity index (χ4n) is 2.95. The summed E-state index contributed by atoms with van der Waals surface area (Å²) in [6.07, 6.45) is 1.52. The van der Waals surface area contributed by atoms with Crippen molar-refractivity contribution in [2.24, 2.45) is 5.92 Å². The first-order valence-corrected chi connectivity index (χ1v) is 8.56. The Balaban J connectivity index is 2.17. The molecule has 0 amide bonds. The molecule has 1 aliphatic carbocycles. The number of hydrogen-bond acceptors (Lipinski definition) is 3. The van der Waals surface area contributed by atoms with E-state index in [-0.39, 0.29) is 6.54 Å². The zero-order valence-corrected chi connectivity index (χ0v) is 13.1. The molecular weight excluding hydrogens is 290 g/mol. The highest BCUT2D eigenvalue weighted by molar-refractivity contribution is 7.89. The second kappa shape index (κ2) is 6.15. The largest absolute Gasteiger partial charge is 0.481 e. The van der Waals surface area contributed by atoms with Gasteiger partial charge in [0.1, 0.15) is 0 Å². The molecule has 0 bridgehead atoms. The highest BCUT2D eigenvalue weighted by Crippen LogP contribution is 2.33. The Labute approximate surface area is 125 Å². The fourth-order valence-corrected chi connectivity index (χ4v) is 4.88. The molecule has 2 rings (SSSR count). The van der Waals surface area contributed by atoms with Gasteiger partial charge in [0.2, 0.25) is 10.0 Å². The SMILES string of the molecule is Cc1cccc(CN(C)S(=O)(=O)C2CCCC2C(=O)O)c1. The normalized spacial score (nSPS) is 22.6. The van der Waals surface area contributed by atoms with Gasteiger partial charge < -0.3 is 5.11 Å². The molecule has 1 N–H and O–H groups in total. The van der Waals surface area contributed by atoms with E-state index in [4.69, 9.17) is 0 Å². The lowest BCUT2D eigenvalue weighted by atomic mass is 10.1. The molecule has 0 aromatic heterocycles. The maximum absolute atomic E-state index is 12.6. The Morgan fingerprint density at radius 1 is 1.38 bits per heavy atom. The van der Waals surface area contributed by atoms with E-state index in [1.54, 1.807) is 0 Å². The summed E-state index contributed by atoms with van der Waals surface area (Å²) >= 11 is 0. The van der Waals surface area contributed by atoms with Crippen LogP contribution in [0.15, 0.2) is 24.3 Å². The second-order valence-corrected chi connectivity index (χ2v) is 7.96. The summed E-state index contributed by atoms with van der Waals surface area (Å²) in [6.45, 7) is 2.22. The molecule has 1 aliphatic rings. The molecule has 0 saturated heterocycles. The summed E-state index contributed by atoms with van der Waals surface area (Å²) in [6, 6.07) is 7.66. The van der Waals surface area contributed by atoms with Crippen molar-refractivity contribution in [3.63, 3.8) is 0 Å². The third kappa shape index (κ3) is 3.44. The van der Waals surface area contributed by atoms with Crippen LogP contribution in [0.3, 0.4) is 0 Å². The Morgan fingerprint density at radius 3 is 2.71 bits per heavy atom. The van der Waals surface area contributed by atoms with Crippen LogP contribution in [0.4, 0.5) is 0 Å². The van der Waals surface area contributed by atoms with E-state index in [1.165, 1.54) is 11.4 Å². The fraction of sp³-hybridized carbons (Fsp3) is 0.533. The lowest BCUT2D eigenvalue weighted by Crippen LogP contribution is -2.40. The third-order valence-electron chi connectivity index (χ3n) is 4.07. The molecule has 1 fully saturated rings. The van der Waals surface area contributed by atoms with Crippen molar-refractivity contribution in [1.82, 2.24) is 4.31 Å².